The minimum Gasteiger partial charge on any atom is -0.479 e. The van der Waals surface area contributed by atoms with Gasteiger partial charge in [-0.2, -0.15) is 0 Å². The van der Waals surface area contributed by atoms with Crippen molar-refractivity contribution in [1.29, 1.82) is 0 Å². The second kappa shape index (κ2) is 11.6. The van der Waals surface area contributed by atoms with Crippen LogP contribution in [0.1, 0.15) is 22.3 Å². The third-order valence-corrected chi connectivity index (χ3v) is 3.87. The molecule has 8 nitrogen and oxygen atoms in total. The second-order valence-electron chi connectivity index (χ2n) is 6.25. The number of carboxylic acids is 2. The zero-order valence-corrected chi connectivity index (χ0v) is 16.4. The molecule has 2 unspecified atom stereocenters. The first-order valence-corrected chi connectivity index (χ1v) is 8.34. The molecule has 0 aromatic heterocycles. The van der Waals surface area contributed by atoms with E-state index in [-0.39, 0.29) is 0 Å². The van der Waals surface area contributed by atoms with E-state index in [9.17, 15) is 9.59 Å². The van der Waals surface area contributed by atoms with Crippen molar-refractivity contribution in [3.05, 3.63) is 58.7 Å². The summed E-state index contributed by atoms with van der Waals surface area (Å²) >= 11 is 0. The van der Waals surface area contributed by atoms with Gasteiger partial charge in [0.05, 0.1) is 0 Å². The molecule has 0 saturated heterocycles. The van der Waals surface area contributed by atoms with E-state index in [1.807, 2.05) is 36.4 Å². The molecule has 0 aliphatic rings. The molecule has 0 aliphatic carbocycles. The van der Waals surface area contributed by atoms with Crippen molar-refractivity contribution < 1.29 is 30.0 Å². The minimum absolute atomic E-state index is 0.845. The Morgan fingerprint density at radius 1 is 0.679 bits per heavy atom. The molecular formula is C20H28N2O6. The molecule has 0 amide bonds. The number of aliphatic hydroxyl groups is 2. The standard InChI is InChI=1S/2C8H11N.C4H6O6/c2*1-6-3-4-8(9)5-7(6)2;5-1(3(7)8)2(6)4(9)10/h2*3-5H,9H2,1-2H3;1-2,5-6H,(H,7,8)(H,9,10). The Morgan fingerprint density at radius 2 is 0.964 bits per heavy atom. The SMILES string of the molecule is Cc1ccc(N)cc1C.Cc1ccc(N)cc1C.O=C(O)C(O)C(O)C(=O)O. The summed E-state index contributed by atoms with van der Waals surface area (Å²) in [5, 5.41) is 32.5. The zero-order chi connectivity index (χ0) is 22.0. The van der Waals surface area contributed by atoms with Crippen LogP contribution in [0.25, 0.3) is 0 Å². The molecule has 28 heavy (non-hydrogen) atoms. The van der Waals surface area contributed by atoms with Crippen LogP contribution in [0, 0.1) is 27.7 Å². The maximum atomic E-state index is 9.77. The van der Waals surface area contributed by atoms with Crippen molar-refractivity contribution in [3.8, 4) is 0 Å². The quantitative estimate of drug-likeness (QED) is 0.429. The molecular weight excluding hydrogens is 364 g/mol. The van der Waals surface area contributed by atoms with Crippen LogP contribution in [0.5, 0.6) is 0 Å². The Morgan fingerprint density at radius 3 is 1.14 bits per heavy atom. The van der Waals surface area contributed by atoms with Crippen LogP contribution < -0.4 is 11.5 Å². The van der Waals surface area contributed by atoms with Crippen molar-refractivity contribution in [2.75, 3.05) is 11.5 Å². The highest BCUT2D eigenvalue weighted by Crippen LogP contribution is 2.10. The lowest BCUT2D eigenvalue weighted by Gasteiger charge is -2.07. The summed E-state index contributed by atoms with van der Waals surface area (Å²) in [7, 11) is 0. The Balaban J connectivity index is 0.000000391. The molecule has 2 atom stereocenters. The van der Waals surface area contributed by atoms with Crippen molar-refractivity contribution in [3.63, 3.8) is 0 Å². The summed E-state index contributed by atoms with van der Waals surface area (Å²) in [5.41, 5.74) is 17.9. The molecule has 0 heterocycles. The van der Waals surface area contributed by atoms with E-state index in [2.05, 4.69) is 27.7 Å². The molecule has 154 valence electrons. The van der Waals surface area contributed by atoms with Crippen molar-refractivity contribution in [2.45, 2.75) is 39.9 Å². The van der Waals surface area contributed by atoms with Crippen LogP contribution in [0.2, 0.25) is 0 Å². The molecule has 0 radical (unpaired) electrons. The predicted molar refractivity (Wildman–Crippen MR) is 108 cm³/mol. The maximum Gasteiger partial charge on any atom is 0.335 e. The molecule has 8 heteroatoms. The van der Waals surface area contributed by atoms with Gasteiger partial charge in [0.25, 0.3) is 0 Å². The first-order chi connectivity index (χ1) is 12.9. The molecule has 0 spiro atoms. The number of aliphatic hydroxyl groups excluding tert-OH is 2. The lowest BCUT2D eigenvalue weighted by Crippen LogP contribution is -2.39. The highest BCUT2D eigenvalue weighted by Gasteiger charge is 2.29. The summed E-state index contributed by atoms with van der Waals surface area (Å²) in [6, 6.07) is 11.9. The highest BCUT2D eigenvalue weighted by molar-refractivity contribution is 5.83. The van der Waals surface area contributed by atoms with Gasteiger partial charge in [-0.1, -0.05) is 12.1 Å². The number of aliphatic carboxylic acids is 2. The van der Waals surface area contributed by atoms with Crippen molar-refractivity contribution in [2.24, 2.45) is 0 Å². The van der Waals surface area contributed by atoms with Gasteiger partial charge in [-0.15, -0.1) is 0 Å². The Bertz CT molecular complexity index is 740. The van der Waals surface area contributed by atoms with Crippen LogP contribution in [0.3, 0.4) is 0 Å². The molecule has 0 fully saturated rings. The number of hydrogen-bond donors (Lipinski definition) is 6. The molecule has 0 aliphatic heterocycles. The first kappa shape index (κ1) is 24.9. The smallest absolute Gasteiger partial charge is 0.335 e. The van der Waals surface area contributed by atoms with E-state index in [0.717, 1.165) is 11.4 Å². The van der Waals surface area contributed by atoms with Gasteiger partial charge in [-0.25, -0.2) is 9.59 Å². The monoisotopic (exact) mass is 392 g/mol. The highest BCUT2D eigenvalue weighted by atomic mass is 16.4. The third kappa shape index (κ3) is 9.02. The molecule has 0 saturated carbocycles. The number of nitrogens with two attached hydrogens (primary N) is 2. The first-order valence-electron chi connectivity index (χ1n) is 8.34. The fourth-order valence-corrected chi connectivity index (χ4v) is 1.80. The van der Waals surface area contributed by atoms with E-state index in [1.54, 1.807) is 0 Å². The fraction of sp³-hybridized carbons (Fsp3) is 0.300. The van der Waals surface area contributed by atoms with Gasteiger partial charge in [0.2, 0.25) is 0 Å². The van der Waals surface area contributed by atoms with Gasteiger partial charge in [0.1, 0.15) is 0 Å². The average molecular weight is 392 g/mol. The molecule has 2 aromatic rings. The summed E-state index contributed by atoms with van der Waals surface area (Å²) in [6.45, 7) is 8.28. The number of hydrogen-bond acceptors (Lipinski definition) is 6. The van der Waals surface area contributed by atoms with Gasteiger partial charge in [0.15, 0.2) is 12.2 Å². The van der Waals surface area contributed by atoms with E-state index >= 15 is 0 Å². The lowest BCUT2D eigenvalue weighted by atomic mass is 10.1. The maximum absolute atomic E-state index is 9.77. The summed E-state index contributed by atoms with van der Waals surface area (Å²) in [4.78, 5) is 19.5. The van der Waals surface area contributed by atoms with E-state index < -0.39 is 24.1 Å². The van der Waals surface area contributed by atoms with Crippen LogP contribution in [0.4, 0.5) is 11.4 Å². The Hall–Kier alpha value is -3.10. The fourth-order valence-electron chi connectivity index (χ4n) is 1.80. The molecule has 2 aromatic carbocycles. The summed E-state index contributed by atoms with van der Waals surface area (Å²) in [6.07, 6.45) is -4.53. The van der Waals surface area contributed by atoms with Crippen LogP contribution >= 0.6 is 0 Å². The third-order valence-electron chi connectivity index (χ3n) is 3.87. The molecule has 2 rings (SSSR count). The lowest BCUT2D eigenvalue weighted by molar-refractivity contribution is -0.165. The number of carbonyl (C=O) groups is 2. The van der Waals surface area contributed by atoms with Gasteiger partial charge in [0, 0.05) is 11.4 Å². The van der Waals surface area contributed by atoms with Crippen LogP contribution in [-0.2, 0) is 9.59 Å². The van der Waals surface area contributed by atoms with Crippen LogP contribution in [-0.4, -0.2) is 44.6 Å². The van der Waals surface area contributed by atoms with Gasteiger partial charge in [-0.05, 0) is 74.2 Å². The average Bonchev–Trinajstić information content (AvgIpc) is 2.61. The van der Waals surface area contributed by atoms with Crippen molar-refractivity contribution >= 4 is 23.3 Å². The van der Waals surface area contributed by atoms with Gasteiger partial charge >= 0.3 is 11.9 Å². The van der Waals surface area contributed by atoms with E-state index in [1.165, 1.54) is 22.3 Å². The molecule has 0 bridgehead atoms. The Kier molecular flexibility index (Phi) is 10.3. The summed E-state index contributed by atoms with van der Waals surface area (Å²) < 4.78 is 0. The minimum atomic E-state index is -2.27. The van der Waals surface area contributed by atoms with Crippen molar-refractivity contribution in [1.82, 2.24) is 0 Å². The van der Waals surface area contributed by atoms with Gasteiger partial charge < -0.3 is 31.9 Å². The van der Waals surface area contributed by atoms with Crippen LogP contribution in [0.15, 0.2) is 36.4 Å². The zero-order valence-electron chi connectivity index (χ0n) is 16.4. The normalized spacial score (nSPS) is 11.8. The largest absolute Gasteiger partial charge is 0.479 e. The second-order valence-corrected chi connectivity index (χ2v) is 6.25. The van der Waals surface area contributed by atoms with E-state index in [0.29, 0.717) is 0 Å². The number of nitrogen functional groups attached to an aromatic ring is 2. The predicted octanol–water partition coefficient (Wildman–Crippen LogP) is 1.65. The number of anilines is 2. The van der Waals surface area contributed by atoms with Gasteiger partial charge in [-0.3, -0.25) is 0 Å². The number of aryl methyl sites for hydroxylation is 4. The summed E-state index contributed by atoms with van der Waals surface area (Å²) in [5.74, 6) is -3.54. The topological polar surface area (TPSA) is 167 Å². The Labute approximate surface area is 164 Å². The number of benzene rings is 2. The number of carboxylic acid groups (broad SMARTS) is 2. The number of rotatable bonds is 3. The van der Waals surface area contributed by atoms with E-state index in [4.69, 9.17) is 31.9 Å². The molecule has 8 N–H and O–H groups in total.